The van der Waals surface area contributed by atoms with E-state index < -0.39 is 18.6 Å². The summed E-state index contributed by atoms with van der Waals surface area (Å²) in [5, 5.41) is 7.85. The number of hydrogen-bond donors (Lipinski definition) is 1. The first kappa shape index (κ1) is 26.4. The molecule has 5 rings (SSSR count). The van der Waals surface area contributed by atoms with E-state index >= 15 is 0 Å². The van der Waals surface area contributed by atoms with E-state index in [1.54, 1.807) is 27.7 Å². The molecule has 0 fully saturated rings. The van der Waals surface area contributed by atoms with Crippen molar-refractivity contribution in [1.29, 1.82) is 0 Å². The van der Waals surface area contributed by atoms with Gasteiger partial charge < -0.3 is 19.7 Å². The Kier molecular flexibility index (Phi) is 7.36. The second-order valence-corrected chi connectivity index (χ2v) is 10.4. The van der Waals surface area contributed by atoms with E-state index in [0.29, 0.717) is 48.0 Å². The van der Waals surface area contributed by atoms with Crippen LogP contribution in [-0.4, -0.2) is 57.3 Å². The molecule has 0 bridgehead atoms. The van der Waals surface area contributed by atoms with Crippen molar-refractivity contribution in [2.75, 3.05) is 25.0 Å². The maximum atomic E-state index is 12.8. The third-order valence-electron chi connectivity index (χ3n) is 6.32. The number of carbonyl (C=O) groups is 1. The molecule has 8 nitrogen and oxygen atoms in total. The third kappa shape index (κ3) is 6.27. The molecule has 4 aromatic rings. The van der Waals surface area contributed by atoms with E-state index in [1.165, 1.54) is 5.56 Å². The van der Waals surface area contributed by atoms with Gasteiger partial charge in [0, 0.05) is 36.1 Å². The molecule has 0 unspecified atom stereocenters. The monoisotopic (exact) mass is 535 g/mol. The highest BCUT2D eigenvalue weighted by Gasteiger charge is 2.24. The van der Waals surface area contributed by atoms with E-state index in [0.717, 1.165) is 17.7 Å². The maximum absolute atomic E-state index is 12.8. The summed E-state index contributed by atoms with van der Waals surface area (Å²) in [5.74, 6) is 0.756. The van der Waals surface area contributed by atoms with Gasteiger partial charge in [-0.2, -0.15) is 4.98 Å². The topological polar surface area (TPSA) is 81.0 Å². The molecule has 0 radical (unpaired) electrons. The van der Waals surface area contributed by atoms with Gasteiger partial charge in [0.25, 0.3) is 6.43 Å². The summed E-state index contributed by atoms with van der Waals surface area (Å²) in [6.45, 7) is 6.10. The van der Waals surface area contributed by atoms with Crippen LogP contribution in [0.25, 0.3) is 16.8 Å². The Bertz CT molecular complexity index is 1480. The van der Waals surface area contributed by atoms with Crippen molar-refractivity contribution >= 4 is 23.4 Å². The number of nitrogens with zero attached hydrogens (tertiary/aromatic N) is 4. The van der Waals surface area contributed by atoms with E-state index in [4.69, 9.17) is 9.47 Å². The second kappa shape index (κ2) is 10.9. The van der Waals surface area contributed by atoms with Crippen LogP contribution in [0.15, 0.2) is 60.8 Å². The Balaban J connectivity index is 1.35. The van der Waals surface area contributed by atoms with Crippen molar-refractivity contribution in [3.63, 3.8) is 0 Å². The van der Waals surface area contributed by atoms with Gasteiger partial charge in [-0.05, 0) is 75.1 Å². The summed E-state index contributed by atoms with van der Waals surface area (Å²) >= 11 is 0. The number of nitrogens with one attached hydrogen (secondary N) is 1. The maximum Gasteiger partial charge on any atom is 0.410 e. The number of halogens is 2. The minimum Gasteiger partial charge on any atom is -0.487 e. The summed E-state index contributed by atoms with van der Waals surface area (Å²) in [6, 6.07) is 16.8. The fraction of sp³-hybridized carbons (Fsp3) is 0.345. The van der Waals surface area contributed by atoms with Gasteiger partial charge in [-0.25, -0.2) is 18.1 Å². The van der Waals surface area contributed by atoms with Gasteiger partial charge in [-0.15, -0.1) is 5.10 Å². The molecule has 0 aliphatic carbocycles. The number of aromatic nitrogens is 3. The lowest BCUT2D eigenvalue weighted by atomic mass is 10.0. The number of rotatable bonds is 6. The van der Waals surface area contributed by atoms with Gasteiger partial charge in [-0.3, -0.25) is 0 Å². The first-order valence-corrected chi connectivity index (χ1v) is 12.9. The van der Waals surface area contributed by atoms with E-state index in [-0.39, 0.29) is 6.09 Å². The number of carbonyl (C=O) groups excluding carboxylic acids is 1. The lowest BCUT2D eigenvalue weighted by Gasteiger charge is -2.26. The van der Waals surface area contributed by atoms with Gasteiger partial charge in [0.05, 0.1) is 0 Å². The van der Waals surface area contributed by atoms with Crippen LogP contribution < -0.4 is 10.1 Å². The third-order valence-corrected chi connectivity index (χ3v) is 6.32. The molecule has 3 heterocycles. The van der Waals surface area contributed by atoms with Crippen molar-refractivity contribution in [3.05, 3.63) is 71.9 Å². The van der Waals surface area contributed by atoms with Crippen molar-refractivity contribution in [1.82, 2.24) is 19.5 Å². The fourth-order valence-corrected chi connectivity index (χ4v) is 4.58. The molecular formula is C29H31F2N5O3. The Morgan fingerprint density at radius 2 is 1.77 bits per heavy atom. The van der Waals surface area contributed by atoms with Gasteiger partial charge in [0.2, 0.25) is 5.95 Å². The Hall–Kier alpha value is -4.21. The number of para-hydroxylation sites is 1. The first-order valence-electron chi connectivity index (χ1n) is 12.9. The van der Waals surface area contributed by atoms with Crippen LogP contribution in [0.2, 0.25) is 0 Å². The molecule has 1 amide bonds. The van der Waals surface area contributed by atoms with Gasteiger partial charge >= 0.3 is 6.09 Å². The number of fused-ring (bicyclic) bond motifs is 2. The lowest BCUT2D eigenvalue weighted by Crippen LogP contribution is -2.38. The number of alkyl halides is 2. The predicted octanol–water partition coefficient (Wildman–Crippen LogP) is 6.12. The molecule has 39 heavy (non-hydrogen) atoms. The number of pyridine rings is 1. The zero-order valence-corrected chi connectivity index (χ0v) is 22.2. The minimum atomic E-state index is -2.57. The Morgan fingerprint density at radius 3 is 2.54 bits per heavy atom. The summed E-state index contributed by atoms with van der Waals surface area (Å²) in [5.41, 5.74) is 4.58. The molecule has 1 aliphatic rings. The zero-order chi connectivity index (χ0) is 27.6. The highest BCUT2D eigenvalue weighted by molar-refractivity contribution is 5.82. The normalized spacial score (nSPS) is 13.7. The highest BCUT2D eigenvalue weighted by atomic mass is 19.3. The molecule has 204 valence electrons. The molecule has 1 N–H and O–H groups in total. The smallest absolute Gasteiger partial charge is 0.410 e. The van der Waals surface area contributed by atoms with Gasteiger partial charge in [0.1, 0.15) is 18.0 Å². The summed E-state index contributed by atoms with van der Waals surface area (Å²) in [7, 11) is 0. The van der Waals surface area contributed by atoms with Crippen molar-refractivity contribution in [2.45, 2.75) is 45.6 Å². The standard InChI is InChI=1S/C29H31F2N5O3/c1-29(2,3)39-28(37)35-15-12-19-10-11-21(17-20(19)13-16-35)32-27-33-26-23(8-6-14-36(26)34-27)22-7-4-5-9-24(22)38-18-25(30)31/h4-11,14,17,25H,12-13,15-16,18H2,1-3H3,(H,32,34). The average molecular weight is 536 g/mol. The Labute approximate surface area is 225 Å². The minimum absolute atomic E-state index is 0.292. The molecular weight excluding hydrogens is 504 g/mol. The fourth-order valence-electron chi connectivity index (χ4n) is 4.58. The number of benzene rings is 2. The molecule has 10 heteroatoms. The van der Waals surface area contributed by atoms with Crippen molar-refractivity contribution in [3.8, 4) is 16.9 Å². The van der Waals surface area contributed by atoms with Crippen molar-refractivity contribution in [2.24, 2.45) is 0 Å². The largest absolute Gasteiger partial charge is 0.487 e. The van der Waals surface area contributed by atoms with Crippen LogP contribution in [0.1, 0.15) is 31.9 Å². The number of ether oxygens (including phenoxy) is 2. The van der Waals surface area contributed by atoms with Crippen LogP contribution in [0.3, 0.4) is 0 Å². The zero-order valence-electron chi connectivity index (χ0n) is 22.2. The molecule has 0 atom stereocenters. The molecule has 2 aromatic heterocycles. The van der Waals surface area contributed by atoms with Gasteiger partial charge in [-0.1, -0.05) is 24.3 Å². The van der Waals surface area contributed by atoms with Crippen LogP contribution in [-0.2, 0) is 17.6 Å². The second-order valence-electron chi connectivity index (χ2n) is 10.4. The Morgan fingerprint density at radius 1 is 1.03 bits per heavy atom. The first-order chi connectivity index (χ1) is 18.7. The predicted molar refractivity (Wildman–Crippen MR) is 145 cm³/mol. The molecule has 2 aromatic carbocycles. The van der Waals surface area contributed by atoms with Crippen LogP contribution >= 0.6 is 0 Å². The number of anilines is 2. The summed E-state index contributed by atoms with van der Waals surface area (Å²) in [6.07, 6.45) is 0.376. The average Bonchev–Trinajstić information content (AvgIpc) is 3.17. The molecule has 0 spiro atoms. The number of hydrogen-bond acceptors (Lipinski definition) is 6. The van der Waals surface area contributed by atoms with E-state index in [9.17, 15) is 13.6 Å². The summed E-state index contributed by atoms with van der Waals surface area (Å²) < 4.78 is 38.1. The van der Waals surface area contributed by atoms with Crippen molar-refractivity contribution < 1.29 is 23.0 Å². The van der Waals surface area contributed by atoms with E-state index in [2.05, 4.69) is 27.5 Å². The van der Waals surface area contributed by atoms with Crippen LogP contribution in [0.4, 0.5) is 25.2 Å². The van der Waals surface area contributed by atoms with Gasteiger partial charge in [0.15, 0.2) is 5.65 Å². The van der Waals surface area contributed by atoms with Crippen LogP contribution in [0.5, 0.6) is 5.75 Å². The molecule has 0 saturated carbocycles. The summed E-state index contributed by atoms with van der Waals surface area (Å²) in [4.78, 5) is 19.0. The van der Waals surface area contributed by atoms with Crippen LogP contribution in [0, 0.1) is 0 Å². The lowest BCUT2D eigenvalue weighted by molar-refractivity contribution is 0.0258. The molecule has 1 aliphatic heterocycles. The highest BCUT2D eigenvalue weighted by Crippen LogP contribution is 2.33. The quantitative estimate of drug-likeness (QED) is 0.320. The SMILES string of the molecule is CC(C)(C)OC(=O)N1CCc2ccc(Nc3nc4c(-c5ccccc5OCC(F)F)cccn4n3)cc2CC1. The number of amides is 1. The van der Waals surface area contributed by atoms with E-state index in [1.807, 2.05) is 51.1 Å². The molecule has 0 saturated heterocycles.